The molecule has 0 aliphatic rings. The molecule has 112 valence electrons. The van der Waals surface area contributed by atoms with Crippen LogP contribution in [0.4, 0.5) is 5.13 Å². The molecular weight excluding hydrogens is 334 g/mol. The van der Waals surface area contributed by atoms with Gasteiger partial charge in [0.1, 0.15) is 4.88 Å². The maximum absolute atomic E-state index is 12.3. The van der Waals surface area contributed by atoms with E-state index in [2.05, 4.69) is 15.0 Å². The standard InChI is InChI=1S/C12H12ClN3O3S2/c1-7-8(13)4-3-5-10(7)21(18,19)16-12-15-6-9(20-12)11(17)14-2/h3-6H,1-2H3,(H,14,17)(H,15,16). The molecule has 0 bridgehead atoms. The molecule has 2 aromatic rings. The van der Waals surface area contributed by atoms with Gasteiger partial charge in [0.15, 0.2) is 5.13 Å². The number of halogens is 1. The molecular formula is C12H12ClN3O3S2. The lowest BCUT2D eigenvalue weighted by Crippen LogP contribution is -2.16. The number of amides is 1. The lowest BCUT2D eigenvalue weighted by atomic mass is 10.2. The predicted molar refractivity (Wildman–Crippen MR) is 82.5 cm³/mol. The Bertz CT molecular complexity index is 787. The number of carbonyl (C=O) groups is 1. The minimum Gasteiger partial charge on any atom is -0.354 e. The molecule has 0 spiro atoms. The average molecular weight is 346 g/mol. The summed E-state index contributed by atoms with van der Waals surface area (Å²) in [7, 11) is -2.32. The molecule has 0 saturated carbocycles. The number of benzene rings is 1. The SMILES string of the molecule is CNC(=O)c1cnc(NS(=O)(=O)c2cccc(Cl)c2C)s1. The van der Waals surface area contributed by atoms with Crippen LogP contribution >= 0.6 is 22.9 Å². The number of nitrogens with zero attached hydrogens (tertiary/aromatic N) is 1. The summed E-state index contributed by atoms with van der Waals surface area (Å²) in [5.41, 5.74) is 0.453. The second-order valence-electron chi connectivity index (χ2n) is 4.08. The Morgan fingerprint density at radius 2 is 2.10 bits per heavy atom. The van der Waals surface area contributed by atoms with E-state index < -0.39 is 10.0 Å². The Balaban J connectivity index is 2.31. The Hall–Kier alpha value is -1.64. The van der Waals surface area contributed by atoms with Gasteiger partial charge in [-0.25, -0.2) is 13.4 Å². The van der Waals surface area contributed by atoms with Crippen molar-refractivity contribution in [3.05, 3.63) is 39.9 Å². The summed E-state index contributed by atoms with van der Waals surface area (Å²) in [5.74, 6) is -0.322. The van der Waals surface area contributed by atoms with Crippen LogP contribution in [0.5, 0.6) is 0 Å². The van der Waals surface area contributed by atoms with Crippen molar-refractivity contribution in [1.82, 2.24) is 10.3 Å². The highest BCUT2D eigenvalue weighted by molar-refractivity contribution is 7.93. The molecule has 1 aromatic carbocycles. The maximum Gasteiger partial charge on any atom is 0.263 e. The van der Waals surface area contributed by atoms with Crippen molar-refractivity contribution >= 4 is 44.0 Å². The number of carbonyl (C=O) groups excluding carboxylic acids is 1. The van der Waals surface area contributed by atoms with Gasteiger partial charge in [0.25, 0.3) is 15.9 Å². The number of aromatic nitrogens is 1. The second kappa shape index (κ2) is 6.00. The summed E-state index contributed by atoms with van der Waals surface area (Å²) in [6, 6.07) is 4.63. The van der Waals surface area contributed by atoms with Crippen LogP contribution in [0.15, 0.2) is 29.3 Å². The molecule has 1 heterocycles. The molecule has 0 unspecified atom stereocenters. The first kappa shape index (κ1) is 15.7. The van der Waals surface area contributed by atoms with Crippen LogP contribution in [0.3, 0.4) is 0 Å². The van der Waals surface area contributed by atoms with Gasteiger partial charge >= 0.3 is 0 Å². The van der Waals surface area contributed by atoms with Crippen molar-refractivity contribution < 1.29 is 13.2 Å². The first-order chi connectivity index (χ1) is 9.85. The molecule has 21 heavy (non-hydrogen) atoms. The lowest BCUT2D eigenvalue weighted by Gasteiger charge is -2.08. The van der Waals surface area contributed by atoms with Crippen LogP contribution in [0.1, 0.15) is 15.2 Å². The van der Waals surface area contributed by atoms with Gasteiger partial charge in [-0.2, -0.15) is 0 Å². The van der Waals surface area contributed by atoms with Gasteiger partial charge in [0.05, 0.1) is 11.1 Å². The van der Waals surface area contributed by atoms with E-state index in [-0.39, 0.29) is 15.9 Å². The van der Waals surface area contributed by atoms with Crippen LogP contribution < -0.4 is 10.0 Å². The lowest BCUT2D eigenvalue weighted by molar-refractivity contribution is 0.0967. The number of rotatable bonds is 4. The van der Waals surface area contributed by atoms with Crippen LogP contribution in [-0.2, 0) is 10.0 Å². The highest BCUT2D eigenvalue weighted by Crippen LogP contribution is 2.26. The molecule has 1 amide bonds. The third-order valence-electron chi connectivity index (χ3n) is 2.69. The molecule has 0 aliphatic carbocycles. The Morgan fingerprint density at radius 3 is 2.76 bits per heavy atom. The summed E-state index contributed by atoms with van der Waals surface area (Å²) in [6.07, 6.45) is 1.31. The van der Waals surface area contributed by atoms with Crippen LogP contribution in [0.2, 0.25) is 5.02 Å². The summed E-state index contributed by atoms with van der Waals surface area (Å²) >= 11 is 6.88. The van der Waals surface area contributed by atoms with E-state index in [0.717, 1.165) is 11.3 Å². The van der Waals surface area contributed by atoms with E-state index in [1.807, 2.05) is 0 Å². The van der Waals surface area contributed by atoms with E-state index >= 15 is 0 Å². The van der Waals surface area contributed by atoms with Gasteiger partial charge in [-0.1, -0.05) is 29.0 Å². The fraction of sp³-hybridized carbons (Fsp3) is 0.167. The summed E-state index contributed by atoms with van der Waals surface area (Å²) in [6.45, 7) is 1.62. The first-order valence-electron chi connectivity index (χ1n) is 5.81. The van der Waals surface area contributed by atoms with Crippen molar-refractivity contribution in [2.45, 2.75) is 11.8 Å². The van der Waals surface area contributed by atoms with E-state index in [1.165, 1.54) is 19.3 Å². The predicted octanol–water partition coefficient (Wildman–Crippen LogP) is 2.27. The fourth-order valence-corrected chi connectivity index (χ4v) is 4.10. The van der Waals surface area contributed by atoms with Gasteiger partial charge in [-0.3, -0.25) is 9.52 Å². The fourth-order valence-electron chi connectivity index (χ4n) is 1.60. The van der Waals surface area contributed by atoms with Gasteiger partial charge in [0, 0.05) is 12.1 Å². The first-order valence-corrected chi connectivity index (χ1v) is 8.49. The van der Waals surface area contributed by atoms with E-state index in [0.29, 0.717) is 15.5 Å². The molecule has 6 nitrogen and oxygen atoms in total. The number of thiazole rings is 1. The third-order valence-corrected chi connectivity index (χ3v) is 5.62. The zero-order chi connectivity index (χ0) is 15.6. The van der Waals surface area contributed by atoms with Crippen molar-refractivity contribution in [1.29, 1.82) is 0 Å². The van der Waals surface area contributed by atoms with Crippen molar-refractivity contribution in [2.24, 2.45) is 0 Å². The topological polar surface area (TPSA) is 88.2 Å². The van der Waals surface area contributed by atoms with Gasteiger partial charge in [-0.05, 0) is 24.6 Å². The molecule has 2 N–H and O–H groups in total. The second-order valence-corrected chi connectivity index (χ2v) is 7.17. The van der Waals surface area contributed by atoms with E-state index in [1.54, 1.807) is 19.1 Å². The molecule has 2 rings (SSSR count). The summed E-state index contributed by atoms with van der Waals surface area (Å²) in [5, 5.41) is 2.92. The van der Waals surface area contributed by atoms with Crippen molar-refractivity contribution in [2.75, 3.05) is 11.8 Å². The molecule has 0 fully saturated rings. The van der Waals surface area contributed by atoms with Gasteiger partial charge < -0.3 is 5.32 Å². The zero-order valence-corrected chi connectivity index (χ0v) is 13.6. The Morgan fingerprint density at radius 1 is 1.38 bits per heavy atom. The monoisotopic (exact) mass is 345 g/mol. The summed E-state index contributed by atoms with van der Waals surface area (Å²) in [4.78, 5) is 15.7. The van der Waals surface area contributed by atoms with Gasteiger partial charge in [-0.15, -0.1) is 0 Å². The Labute approximate surface area is 131 Å². The molecule has 1 aromatic heterocycles. The van der Waals surface area contributed by atoms with Crippen molar-refractivity contribution in [3.8, 4) is 0 Å². The maximum atomic E-state index is 12.3. The quantitative estimate of drug-likeness (QED) is 0.889. The molecule has 0 atom stereocenters. The highest BCUT2D eigenvalue weighted by Gasteiger charge is 2.20. The van der Waals surface area contributed by atoms with Crippen LogP contribution in [0.25, 0.3) is 0 Å². The third kappa shape index (κ3) is 3.34. The Kier molecular flexibility index (Phi) is 4.50. The van der Waals surface area contributed by atoms with Crippen LogP contribution in [0, 0.1) is 6.92 Å². The molecule has 0 saturated heterocycles. The number of anilines is 1. The molecule has 0 aliphatic heterocycles. The van der Waals surface area contributed by atoms with Gasteiger partial charge in [0.2, 0.25) is 0 Å². The largest absolute Gasteiger partial charge is 0.354 e. The van der Waals surface area contributed by atoms with E-state index in [9.17, 15) is 13.2 Å². The minimum atomic E-state index is -3.80. The number of nitrogens with one attached hydrogen (secondary N) is 2. The smallest absolute Gasteiger partial charge is 0.263 e. The molecule has 0 radical (unpaired) electrons. The van der Waals surface area contributed by atoms with E-state index in [4.69, 9.17) is 11.6 Å². The normalized spacial score (nSPS) is 11.2. The minimum absolute atomic E-state index is 0.0756. The number of hydrogen-bond acceptors (Lipinski definition) is 5. The number of sulfonamides is 1. The van der Waals surface area contributed by atoms with Crippen molar-refractivity contribution in [3.63, 3.8) is 0 Å². The van der Waals surface area contributed by atoms with Crippen LogP contribution in [-0.4, -0.2) is 26.4 Å². The zero-order valence-electron chi connectivity index (χ0n) is 11.2. The molecule has 9 heteroatoms. The highest BCUT2D eigenvalue weighted by atomic mass is 35.5. The average Bonchev–Trinajstić information content (AvgIpc) is 2.88. The summed E-state index contributed by atoms with van der Waals surface area (Å²) < 4.78 is 27.0. The number of hydrogen-bond donors (Lipinski definition) is 2.